The number of likely N-dealkylation sites (tertiary alicyclic amines) is 1. The van der Waals surface area contributed by atoms with Crippen molar-refractivity contribution in [3.63, 3.8) is 0 Å². The Hall–Kier alpha value is -2.94. The van der Waals surface area contributed by atoms with Crippen molar-refractivity contribution in [3.05, 3.63) is 45.9 Å². The second-order valence-electron chi connectivity index (χ2n) is 10.6. The Kier molecular flexibility index (Phi) is 17.0. The number of rotatable bonds is 23. The van der Waals surface area contributed by atoms with Gasteiger partial charge in [0.05, 0.1) is 64.9 Å². The zero-order valence-corrected chi connectivity index (χ0v) is 27.5. The molecule has 0 radical (unpaired) electrons. The standard InChI is InChI=1S/C32H48N4O8S/c1-4-5-12-40-13-14-41-15-16-42-17-18-43-19-20-44-26-9-6-8-25(21-26)30(38)27-23-45-32(35-27)28-10-7-11-36(28)29(37)22-34-31(39)24(2)33-3/h6,8-9,21,23-24,28,33H,4-5,7,10-20,22H2,1-3H3,(H,34,39)/t24?,28-/m0/s1. The zero-order chi connectivity index (χ0) is 32.3. The monoisotopic (exact) mass is 648 g/mol. The van der Waals surface area contributed by atoms with Crippen molar-refractivity contribution in [3.8, 4) is 5.75 Å². The predicted octanol–water partition coefficient (Wildman–Crippen LogP) is 3.01. The first-order valence-corrected chi connectivity index (χ1v) is 16.6. The van der Waals surface area contributed by atoms with Gasteiger partial charge in [0.1, 0.15) is 23.1 Å². The van der Waals surface area contributed by atoms with Crippen LogP contribution in [0.1, 0.15) is 66.6 Å². The van der Waals surface area contributed by atoms with Crippen LogP contribution in [0.2, 0.25) is 0 Å². The fraction of sp³-hybridized carbons (Fsp3) is 0.625. The molecule has 1 aliphatic heterocycles. The van der Waals surface area contributed by atoms with E-state index in [1.54, 1.807) is 48.5 Å². The van der Waals surface area contributed by atoms with Gasteiger partial charge in [0, 0.05) is 24.1 Å². The van der Waals surface area contributed by atoms with E-state index in [1.165, 1.54) is 11.3 Å². The summed E-state index contributed by atoms with van der Waals surface area (Å²) in [6, 6.07) is 6.38. The molecule has 2 aromatic rings. The van der Waals surface area contributed by atoms with Crippen molar-refractivity contribution >= 4 is 28.9 Å². The molecule has 1 aromatic heterocycles. The Bertz CT molecular complexity index is 1180. The van der Waals surface area contributed by atoms with Crippen LogP contribution < -0.4 is 15.4 Å². The smallest absolute Gasteiger partial charge is 0.242 e. The normalized spacial score (nSPS) is 15.3. The van der Waals surface area contributed by atoms with Gasteiger partial charge in [-0.15, -0.1) is 11.3 Å². The minimum Gasteiger partial charge on any atom is -0.491 e. The van der Waals surface area contributed by atoms with E-state index in [9.17, 15) is 14.4 Å². The maximum Gasteiger partial charge on any atom is 0.242 e. The highest BCUT2D eigenvalue weighted by molar-refractivity contribution is 7.10. The summed E-state index contributed by atoms with van der Waals surface area (Å²) in [5.74, 6) is -0.0463. The molecule has 45 heavy (non-hydrogen) atoms. The lowest BCUT2D eigenvalue weighted by molar-refractivity contribution is -0.134. The molecule has 1 saturated heterocycles. The molecule has 2 heterocycles. The molecule has 3 rings (SSSR count). The third-order valence-corrected chi connectivity index (χ3v) is 8.15. The summed E-state index contributed by atoms with van der Waals surface area (Å²) in [6.07, 6.45) is 3.79. The van der Waals surface area contributed by atoms with Crippen molar-refractivity contribution in [2.45, 2.75) is 51.6 Å². The number of unbranched alkanes of at least 4 members (excludes halogenated alkanes) is 1. The van der Waals surface area contributed by atoms with Crippen LogP contribution in [0, 0.1) is 0 Å². The highest BCUT2D eigenvalue weighted by atomic mass is 32.1. The maximum atomic E-state index is 13.2. The third-order valence-electron chi connectivity index (χ3n) is 7.20. The second-order valence-corrected chi connectivity index (χ2v) is 11.4. The molecule has 1 aliphatic rings. The molecular formula is C32H48N4O8S. The van der Waals surface area contributed by atoms with Crippen LogP contribution in [0.4, 0.5) is 0 Å². The molecule has 0 spiro atoms. The van der Waals surface area contributed by atoms with Crippen LogP contribution >= 0.6 is 11.3 Å². The number of hydrogen-bond acceptors (Lipinski definition) is 11. The van der Waals surface area contributed by atoms with E-state index in [2.05, 4.69) is 22.5 Å². The largest absolute Gasteiger partial charge is 0.491 e. The fourth-order valence-corrected chi connectivity index (χ4v) is 5.46. The highest BCUT2D eigenvalue weighted by Crippen LogP contribution is 2.34. The van der Waals surface area contributed by atoms with Crippen LogP contribution in [0.15, 0.2) is 29.6 Å². The van der Waals surface area contributed by atoms with Crippen molar-refractivity contribution in [2.24, 2.45) is 0 Å². The number of hydrogen-bond donors (Lipinski definition) is 2. The summed E-state index contributed by atoms with van der Waals surface area (Å²) < 4.78 is 27.7. The molecule has 1 unspecified atom stereocenters. The number of ether oxygens (including phenoxy) is 5. The maximum absolute atomic E-state index is 13.2. The SMILES string of the molecule is CCCCOCCOCCOCCOCCOc1cccc(C(=O)c2csc([C@@H]3CCCN3C(=O)CNC(=O)C(C)NC)n2)c1. The van der Waals surface area contributed by atoms with Gasteiger partial charge in [0.15, 0.2) is 0 Å². The van der Waals surface area contributed by atoms with Crippen LogP contribution in [0.25, 0.3) is 0 Å². The first-order valence-electron chi connectivity index (χ1n) is 15.7. The minimum atomic E-state index is -0.385. The molecule has 250 valence electrons. The number of carbonyl (C=O) groups excluding carboxylic acids is 3. The number of benzene rings is 1. The Labute approximate surface area is 270 Å². The average molecular weight is 649 g/mol. The average Bonchev–Trinajstić information content (AvgIpc) is 3.75. The minimum absolute atomic E-state index is 0.0740. The Morgan fingerprint density at radius 3 is 2.33 bits per heavy atom. The van der Waals surface area contributed by atoms with Gasteiger partial charge in [-0.05, 0) is 45.4 Å². The molecule has 13 heteroatoms. The summed E-state index contributed by atoms with van der Waals surface area (Å²) >= 11 is 1.37. The van der Waals surface area contributed by atoms with Crippen LogP contribution in [0.5, 0.6) is 5.75 Å². The number of carbonyl (C=O) groups is 3. The summed E-state index contributed by atoms with van der Waals surface area (Å²) in [5, 5.41) is 7.98. The molecule has 1 fully saturated rings. The zero-order valence-electron chi connectivity index (χ0n) is 26.7. The van der Waals surface area contributed by atoms with Gasteiger partial charge < -0.3 is 39.2 Å². The van der Waals surface area contributed by atoms with Gasteiger partial charge >= 0.3 is 0 Å². The van der Waals surface area contributed by atoms with E-state index >= 15 is 0 Å². The van der Waals surface area contributed by atoms with Crippen molar-refractivity contribution in [2.75, 3.05) is 79.6 Å². The summed E-state index contributed by atoms with van der Waals surface area (Å²) in [5.41, 5.74) is 0.797. The Morgan fingerprint density at radius 1 is 1.00 bits per heavy atom. The number of amides is 2. The lowest BCUT2D eigenvalue weighted by Gasteiger charge is -2.23. The number of likely N-dealkylation sites (N-methyl/N-ethyl adjacent to an activating group) is 1. The van der Waals surface area contributed by atoms with Gasteiger partial charge in [0.2, 0.25) is 17.6 Å². The van der Waals surface area contributed by atoms with Crippen LogP contribution in [-0.4, -0.2) is 113 Å². The van der Waals surface area contributed by atoms with Crippen molar-refractivity contribution < 1.29 is 38.1 Å². The van der Waals surface area contributed by atoms with Gasteiger partial charge in [-0.1, -0.05) is 25.5 Å². The summed E-state index contributed by atoms with van der Waals surface area (Å²) in [7, 11) is 1.69. The molecule has 0 bridgehead atoms. The number of nitrogens with zero attached hydrogens (tertiary/aromatic N) is 2. The first kappa shape index (κ1) is 36.5. The molecule has 12 nitrogen and oxygen atoms in total. The molecular weight excluding hydrogens is 600 g/mol. The number of nitrogens with one attached hydrogen (secondary N) is 2. The lowest BCUT2D eigenvalue weighted by Crippen LogP contribution is -2.45. The van der Waals surface area contributed by atoms with E-state index in [4.69, 9.17) is 23.7 Å². The van der Waals surface area contributed by atoms with Crippen molar-refractivity contribution in [1.29, 1.82) is 0 Å². The Morgan fingerprint density at radius 2 is 1.67 bits per heavy atom. The van der Waals surface area contributed by atoms with Gasteiger partial charge in [-0.2, -0.15) is 0 Å². The second kappa shape index (κ2) is 21.0. The summed E-state index contributed by atoms with van der Waals surface area (Å²) in [6.45, 7) is 8.99. The highest BCUT2D eigenvalue weighted by Gasteiger charge is 2.32. The molecule has 2 amide bonds. The molecule has 0 aliphatic carbocycles. The van der Waals surface area contributed by atoms with Crippen LogP contribution in [0.3, 0.4) is 0 Å². The Balaban J connectivity index is 1.35. The van der Waals surface area contributed by atoms with E-state index in [0.29, 0.717) is 81.4 Å². The molecule has 1 aromatic carbocycles. The topological polar surface area (TPSA) is 138 Å². The number of thiazole rings is 1. The predicted molar refractivity (Wildman–Crippen MR) is 171 cm³/mol. The van der Waals surface area contributed by atoms with Crippen molar-refractivity contribution in [1.82, 2.24) is 20.5 Å². The van der Waals surface area contributed by atoms with E-state index < -0.39 is 0 Å². The fourth-order valence-electron chi connectivity index (χ4n) is 4.52. The van der Waals surface area contributed by atoms with E-state index in [1.807, 2.05) is 0 Å². The third kappa shape index (κ3) is 12.8. The van der Waals surface area contributed by atoms with Crippen LogP contribution in [-0.2, 0) is 28.5 Å². The van der Waals surface area contributed by atoms with Gasteiger partial charge in [-0.3, -0.25) is 14.4 Å². The first-order chi connectivity index (χ1) is 21.9. The van der Waals surface area contributed by atoms with E-state index in [-0.39, 0.29) is 36.2 Å². The molecule has 2 N–H and O–H groups in total. The lowest BCUT2D eigenvalue weighted by atomic mass is 10.1. The van der Waals surface area contributed by atoms with Gasteiger partial charge in [-0.25, -0.2) is 4.98 Å². The summed E-state index contributed by atoms with van der Waals surface area (Å²) in [4.78, 5) is 44.5. The molecule has 2 atom stereocenters. The van der Waals surface area contributed by atoms with E-state index in [0.717, 1.165) is 32.3 Å². The number of ketones is 1. The quantitative estimate of drug-likeness (QED) is 0.137. The van der Waals surface area contributed by atoms with Gasteiger partial charge in [0.25, 0.3) is 0 Å². The molecule has 0 saturated carbocycles. The number of aromatic nitrogens is 1.